The molecule has 0 radical (unpaired) electrons. The molecule has 0 atom stereocenters. The zero-order valence-corrected chi connectivity index (χ0v) is 7.98. The Hall–Kier alpha value is -0.740. The highest BCUT2D eigenvalue weighted by atomic mass is 35.5. The van der Waals surface area contributed by atoms with Crippen LogP contribution in [0.5, 0.6) is 0 Å². The molecule has 0 aromatic heterocycles. The molecule has 66 valence electrons. The number of nitrogens with one attached hydrogen (secondary N) is 1. The second-order valence-corrected chi connectivity index (χ2v) is 4.57. The van der Waals surface area contributed by atoms with E-state index in [0.717, 1.165) is 6.26 Å². The SMILES string of the molecule is CS(=O)(=O)Nc1ccc(Cl)cc1. The van der Waals surface area contributed by atoms with Gasteiger partial charge in [-0.15, -0.1) is 0 Å². The Balaban J connectivity index is 2.85. The van der Waals surface area contributed by atoms with Gasteiger partial charge in [0, 0.05) is 10.7 Å². The van der Waals surface area contributed by atoms with E-state index in [1.54, 1.807) is 24.3 Å². The fourth-order valence-corrected chi connectivity index (χ4v) is 1.42. The molecule has 1 N–H and O–H groups in total. The number of rotatable bonds is 2. The summed E-state index contributed by atoms with van der Waals surface area (Å²) in [4.78, 5) is 0. The van der Waals surface area contributed by atoms with E-state index in [1.165, 1.54) is 0 Å². The van der Waals surface area contributed by atoms with Gasteiger partial charge in [-0.2, -0.15) is 0 Å². The van der Waals surface area contributed by atoms with E-state index in [1.807, 2.05) is 0 Å². The van der Waals surface area contributed by atoms with Crippen LogP contribution in [0.4, 0.5) is 5.69 Å². The molecule has 0 fully saturated rings. The van der Waals surface area contributed by atoms with Crippen molar-refractivity contribution < 1.29 is 8.42 Å². The molecule has 0 spiro atoms. The Morgan fingerprint density at radius 3 is 2.17 bits per heavy atom. The molecule has 0 heterocycles. The summed E-state index contributed by atoms with van der Waals surface area (Å²) in [5.74, 6) is 0. The summed E-state index contributed by atoms with van der Waals surface area (Å²) < 4.78 is 23.8. The predicted molar refractivity (Wildman–Crippen MR) is 49.9 cm³/mol. The van der Waals surface area contributed by atoms with Gasteiger partial charge in [0.15, 0.2) is 0 Å². The Bertz CT molecular complexity index is 357. The van der Waals surface area contributed by atoms with Crippen molar-refractivity contribution in [1.29, 1.82) is 0 Å². The Labute approximate surface area is 76.4 Å². The number of hydrogen-bond donors (Lipinski definition) is 1. The zero-order chi connectivity index (χ0) is 9.19. The molecular formula is C7H8ClNO2S. The van der Waals surface area contributed by atoms with Crippen LogP contribution in [0.1, 0.15) is 0 Å². The fraction of sp³-hybridized carbons (Fsp3) is 0.143. The molecule has 0 amide bonds. The van der Waals surface area contributed by atoms with Crippen LogP contribution in [0.2, 0.25) is 5.02 Å². The van der Waals surface area contributed by atoms with Gasteiger partial charge in [-0.1, -0.05) is 11.6 Å². The summed E-state index contributed by atoms with van der Waals surface area (Å²) in [5, 5.41) is 0.578. The van der Waals surface area contributed by atoms with E-state index in [9.17, 15) is 8.42 Å². The largest absolute Gasteiger partial charge is 0.284 e. The van der Waals surface area contributed by atoms with Gasteiger partial charge in [0.2, 0.25) is 10.0 Å². The molecule has 1 rings (SSSR count). The molecule has 0 aliphatic carbocycles. The van der Waals surface area contributed by atoms with Crippen molar-refractivity contribution in [3.05, 3.63) is 29.3 Å². The number of hydrogen-bond acceptors (Lipinski definition) is 2. The lowest BCUT2D eigenvalue weighted by molar-refractivity contribution is 0.607. The van der Waals surface area contributed by atoms with E-state index < -0.39 is 10.0 Å². The lowest BCUT2D eigenvalue weighted by Crippen LogP contribution is -2.09. The smallest absolute Gasteiger partial charge is 0.229 e. The van der Waals surface area contributed by atoms with Crippen LogP contribution in [0, 0.1) is 0 Å². The lowest BCUT2D eigenvalue weighted by Gasteiger charge is -2.02. The maximum Gasteiger partial charge on any atom is 0.229 e. The standard InChI is InChI=1S/C7H8ClNO2S/c1-12(10,11)9-7-4-2-6(8)3-5-7/h2-5,9H,1H3. The molecule has 12 heavy (non-hydrogen) atoms. The van der Waals surface area contributed by atoms with Crippen molar-refractivity contribution in [3.8, 4) is 0 Å². The molecule has 0 bridgehead atoms. The van der Waals surface area contributed by atoms with E-state index in [0.29, 0.717) is 10.7 Å². The third kappa shape index (κ3) is 3.11. The van der Waals surface area contributed by atoms with Gasteiger partial charge in [0.1, 0.15) is 0 Å². The molecule has 0 unspecified atom stereocenters. The molecule has 1 aromatic carbocycles. The first-order valence-electron chi connectivity index (χ1n) is 3.21. The van der Waals surface area contributed by atoms with Crippen molar-refractivity contribution in [2.24, 2.45) is 0 Å². The minimum Gasteiger partial charge on any atom is -0.284 e. The lowest BCUT2D eigenvalue weighted by atomic mass is 10.3. The van der Waals surface area contributed by atoms with Gasteiger partial charge < -0.3 is 0 Å². The summed E-state index contributed by atoms with van der Waals surface area (Å²) in [5.41, 5.74) is 0.516. The Kier molecular flexibility index (Phi) is 2.59. The summed E-state index contributed by atoms with van der Waals surface area (Å²) in [6.07, 6.45) is 1.10. The third-order valence-corrected chi connectivity index (χ3v) is 2.01. The van der Waals surface area contributed by atoms with Gasteiger partial charge in [-0.25, -0.2) is 8.42 Å². The van der Waals surface area contributed by atoms with Crippen LogP contribution < -0.4 is 4.72 Å². The third-order valence-electron chi connectivity index (χ3n) is 1.15. The van der Waals surface area contributed by atoms with Gasteiger partial charge in [-0.05, 0) is 24.3 Å². The maximum atomic E-state index is 10.7. The summed E-state index contributed by atoms with van der Waals surface area (Å²) in [6, 6.07) is 6.44. The van der Waals surface area contributed by atoms with Gasteiger partial charge in [0.05, 0.1) is 6.26 Å². The van der Waals surface area contributed by atoms with E-state index >= 15 is 0 Å². The minimum absolute atomic E-state index is 0.516. The average Bonchev–Trinajstić information content (AvgIpc) is 1.91. The Morgan fingerprint density at radius 1 is 1.25 bits per heavy atom. The molecule has 5 heteroatoms. The first-order chi connectivity index (χ1) is 5.47. The highest BCUT2D eigenvalue weighted by Crippen LogP contribution is 2.13. The van der Waals surface area contributed by atoms with Gasteiger partial charge in [0.25, 0.3) is 0 Å². The van der Waals surface area contributed by atoms with Gasteiger partial charge >= 0.3 is 0 Å². The monoisotopic (exact) mass is 205 g/mol. The number of anilines is 1. The molecular weight excluding hydrogens is 198 g/mol. The number of sulfonamides is 1. The second-order valence-electron chi connectivity index (χ2n) is 2.38. The molecule has 3 nitrogen and oxygen atoms in total. The van der Waals surface area contributed by atoms with Crippen LogP contribution in [-0.4, -0.2) is 14.7 Å². The van der Waals surface area contributed by atoms with Crippen molar-refractivity contribution in [3.63, 3.8) is 0 Å². The minimum atomic E-state index is -3.18. The van der Waals surface area contributed by atoms with Gasteiger partial charge in [-0.3, -0.25) is 4.72 Å². The summed E-state index contributed by atoms with van der Waals surface area (Å²) >= 11 is 5.61. The molecule has 0 saturated heterocycles. The fourth-order valence-electron chi connectivity index (χ4n) is 0.732. The average molecular weight is 206 g/mol. The summed E-state index contributed by atoms with van der Waals surface area (Å²) in [7, 11) is -3.18. The van der Waals surface area contributed by atoms with Crippen LogP contribution in [0.3, 0.4) is 0 Å². The molecule has 1 aromatic rings. The highest BCUT2D eigenvalue weighted by Gasteiger charge is 1.99. The number of benzene rings is 1. The van der Waals surface area contributed by atoms with E-state index in [-0.39, 0.29) is 0 Å². The highest BCUT2D eigenvalue weighted by molar-refractivity contribution is 7.92. The van der Waals surface area contributed by atoms with Crippen LogP contribution >= 0.6 is 11.6 Å². The van der Waals surface area contributed by atoms with Crippen molar-refractivity contribution in [2.45, 2.75) is 0 Å². The Morgan fingerprint density at radius 2 is 1.75 bits per heavy atom. The van der Waals surface area contributed by atoms with Crippen molar-refractivity contribution in [1.82, 2.24) is 0 Å². The first kappa shape index (κ1) is 9.35. The first-order valence-corrected chi connectivity index (χ1v) is 5.48. The van der Waals surface area contributed by atoms with Crippen LogP contribution in [-0.2, 0) is 10.0 Å². The molecule has 0 aliphatic heterocycles. The van der Waals surface area contributed by atoms with Crippen molar-refractivity contribution >= 4 is 27.3 Å². The van der Waals surface area contributed by atoms with Crippen LogP contribution in [0.15, 0.2) is 24.3 Å². The normalized spacial score (nSPS) is 11.2. The molecule has 0 saturated carbocycles. The molecule has 0 aliphatic rings. The topological polar surface area (TPSA) is 46.2 Å². The predicted octanol–water partition coefficient (Wildman–Crippen LogP) is 1.71. The zero-order valence-electron chi connectivity index (χ0n) is 6.41. The summed E-state index contributed by atoms with van der Waals surface area (Å²) in [6.45, 7) is 0. The maximum absolute atomic E-state index is 10.7. The quantitative estimate of drug-likeness (QED) is 0.799. The van der Waals surface area contributed by atoms with E-state index in [2.05, 4.69) is 4.72 Å². The second kappa shape index (κ2) is 3.33. The van der Waals surface area contributed by atoms with Crippen LogP contribution in [0.25, 0.3) is 0 Å². The number of halogens is 1. The van der Waals surface area contributed by atoms with E-state index in [4.69, 9.17) is 11.6 Å². The van der Waals surface area contributed by atoms with Crippen molar-refractivity contribution in [2.75, 3.05) is 11.0 Å².